The van der Waals surface area contributed by atoms with Crippen LogP contribution in [-0.4, -0.2) is 49.1 Å². The van der Waals surface area contributed by atoms with Crippen LogP contribution in [0.5, 0.6) is 0 Å². The summed E-state index contributed by atoms with van der Waals surface area (Å²) in [6.45, 7) is 1.36. The van der Waals surface area contributed by atoms with Crippen molar-refractivity contribution in [2.45, 2.75) is 25.1 Å². The molecule has 1 N–H and O–H groups in total. The van der Waals surface area contributed by atoms with Crippen molar-refractivity contribution in [2.24, 2.45) is 0 Å². The van der Waals surface area contributed by atoms with Gasteiger partial charge < -0.3 is 14.9 Å². The summed E-state index contributed by atoms with van der Waals surface area (Å²) in [4.78, 5) is 29.6. The van der Waals surface area contributed by atoms with E-state index in [2.05, 4.69) is 4.98 Å². The van der Waals surface area contributed by atoms with Crippen molar-refractivity contribution in [1.29, 1.82) is 0 Å². The topological polar surface area (TPSA) is 126 Å². The molecule has 10 nitrogen and oxygen atoms in total. The highest BCUT2D eigenvalue weighted by Crippen LogP contribution is 2.42. The van der Waals surface area contributed by atoms with Gasteiger partial charge >= 0.3 is 0 Å². The number of rotatable bonds is 5. The summed E-state index contributed by atoms with van der Waals surface area (Å²) in [5, 5.41) is 34.0. The predicted molar refractivity (Wildman–Crippen MR) is 107 cm³/mol. The molecule has 156 valence electrons. The Balaban J connectivity index is 1.73. The first-order valence-corrected chi connectivity index (χ1v) is 9.66. The van der Waals surface area contributed by atoms with Gasteiger partial charge in [0.2, 0.25) is 0 Å². The Labute approximate surface area is 176 Å². The molecule has 0 saturated carbocycles. The van der Waals surface area contributed by atoms with Gasteiger partial charge in [0.15, 0.2) is 5.82 Å². The molecular formula is C19H18ClN5O5. The summed E-state index contributed by atoms with van der Waals surface area (Å²) in [5.41, 5.74) is 1.28. The van der Waals surface area contributed by atoms with Crippen LogP contribution >= 0.6 is 11.6 Å². The first kappa shape index (κ1) is 20.0. The number of aliphatic hydroxyl groups is 1. The standard InChI is InChI=1S/C19H18ClN5O5/c20-16-6-1-12(10-21-16)11-22-7-8-23-17(26)9-15(18(19(22)23)25(29)30)13-2-4-14(5-3-13)24(27)28/h1-6,10,15,17,26H,7-9,11H2. The Morgan fingerprint density at radius 1 is 1.10 bits per heavy atom. The van der Waals surface area contributed by atoms with E-state index in [4.69, 9.17) is 11.6 Å². The fourth-order valence-electron chi connectivity index (χ4n) is 4.03. The van der Waals surface area contributed by atoms with E-state index in [1.54, 1.807) is 23.2 Å². The molecule has 2 aliphatic heterocycles. The Morgan fingerprint density at radius 2 is 1.83 bits per heavy atom. The molecule has 11 heteroatoms. The first-order valence-electron chi connectivity index (χ1n) is 9.28. The Hall–Kier alpha value is -3.24. The number of nitro groups is 2. The lowest BCUT2D eigenvalue weighted by Crippen LogP contribution is -2.41. The van der Waals surface area contributed by atoms with Crippen molar-refractivity contribution in [3.8, 4) is 0 Å². The average Bonchev–Trinajstić information content (AvgIpc) is 3.13. The van der Waals surface area contributed by atoms with Gasteiger partial charge in [-0.3, -0.25) is 20.2 Å². The van der Waals surface area contributed by atoms with Crippen LogP contribution in [0.2, 0.25) is 5.15 Å². The molecule has 0 radical (unpaired) electrons. The maximum Gasteiger partial charge on any atom is 0.293 e. The number of nitrogens with zero attached hydrogens (tertiary/aromatic N) is 5. The molecule has 2 unspecified atom stereocenters. The fourth-order valence-corrected chi connectivity index (χ4v) is 4.14. The molecule has 2 aromatic rings. The first-order chi connectivity index (χ1) is 14.3. The molecule has 2 aliphatic rings. The SMILES string of the molecule is O=[N+]([O-])C1=C2N(Cc3ccc(Cl)nc3)CCN2C(O)CC1c1ccc([N+](=O)[O-])cc1. The van der Waals surface area contributed by atoms with E-state index in [0.29, 0.717) is 36.2 Å². The minimum absolute atomic E-state index is 0.0198. The summed E-state index contributed by atoms with van der Waals surface area (Å²) in [6.07, 6.45) is 0.857. The molecule has 2 atom stereocenters. The zero-order valence-electron chi connectivity index (χ0n) is 15.7. The molecule has 4 rings (SSSR count). The summed E-state index contributed by atoms with van der Waals surface area (Å²) in [5.74, 6) is -0.317. The molecule has 0 amide bonds. The van der Waals surface area contributed by atoms with Crippen molar-refractivity contribution in [2.75, 3.05) is 13.1 Å². The highest BCUT2D eigenvalue weighted by molar-refractivity contribution is 6.29. The van der Waals surface area contributed by atoms with Crippen LogP contribution in [0.15, 0.2) is 54.1 Å². The molecule has 0 aliphatic carbocycles. The number of hydrogen-bond donors (Lipinski definition) is 1. The van der Waals surface area contributed by atoms with E-state index in [1.807, 2.05) is 4.90 Å². The van der Waals surface area contributed by atoms with Crippen LogP contribution in [0.3, 0.4) is 0 Å². The third-order valence-corrected chi connectivity index (χ3v) is 5.64. The quantitative estimate of drug-likeness (QED) is 0.435. The summed E-state index contributed by atoms with van der Waals surface area (Å²) in [7, 11) is 0. The van der Waals surface area contributed by atoms with Gasteiger partial charge in [-0.15, -0.1) is 0 Å². The number of allylic oxidation sites excluding steroid dienone is 1. The molecule has 1 aromatic heterocycles. The van der Waals surface area contributed by atoms with Crippen molar-refractivity contribution in [3.63, 3.8) is 0 Å². The zero-order valence-corrected chi connectivity index (χ0v) is 16.5. The maximum atomic E-state index is 12.1. The third kappa shape index (κ3) is 3.66. The van der Waals surface area contributed by atoms with E-state index >= 15 is 0 Å². The predicted octanol–water partition coefficient (Wildman–Crippen LogP) is 2.71. The number of halogens is 1. The van der Waals surface area contributed by atoms with Crippen molar-refractivity contribution < 1.29 is 15.0 Å². The van der Waals surface area contributed by atoms with Crippen LogP contribution in [0, 0.1) is 20.2 Å². The fraction of sp³-hybridized carbons (Fsp3) is 0.316. The number of non-ortho nitro benzene ring substituents is 1. The summed E-state index contributed by atoms with van der Waals surface area (Å²) in [6, 6.07) is 9.12. The molecule has 0 bridgehead atoms. The van der Waals surface area contributed by atoms with Crippen molar-refractivity contribution in [1.82, 2.24) is 14.8 Å². The lowest BCUT2D eigenvalue weighted by molar-refractivity contribution is -0.436. The summed E-state index contributed by atoms with van der Waals surface area (Å²) < 4.78 is 0. The van der Waals surface area contributed by atoms with Crippen LogP contribution in [0.4, 0.5) is 5.69 Å². The van der Waals surface area contributed by atoms with Gasteiger partial charge in [-0.25, -0.2) is 4.98 Å². The van der Waals surface area contributed by atoms with E-state index in [0.717, 1.165) is 5.56 Å². The highest BCUT2D eigenvalue weighted by Gasteiger charge is 2.46. The van der Waals surface area contributed by atoms with E-state index < -0.39 is 22.0 Å². The largest absolute Gasteiger partial charge is 0.374 e. The van der Waals surface area contributed by atoms with E-state index in [-0.39, 0.29) is 17.8 Å². The molecule has 1 aromatic carbocycles. The van der Waals surface area contributed by atoms with Crippen LogP contribution in [-0.2, 0) is 6.54 Å². The lowest BCUT2D eigenvalue weighted by atomic mass is 9.88. The number of nitro benzene ring substituents is 1. The normalized spacial score (nSPS) is 21.0. The van der Waals surface area contributed by atoms with Gasteiger partial charge in [-0.1, -0.05) is 29.8 Å². The van der Waals surface area contributed by atoms with Gasteiger partial charge in [0.05, 0.1) is 15.8 Å². The Bertz CT molecular complexity index is 1010. The minimum Gasteiger partial charge on any atom is -0.374 e. The third-order valence-electron chi connectivity index (χ3n) is 5.41. The molecular weight excluding hydrogens is 414 g/mol. The number of benzene rings is 1. The molecule has 1 saturated heterocycles. The van der Waals surface area contributed by atoms with Gasteiger partial charge in [-0.05, 0) is 17.2 Å². The number of aliphatic hydroxyl groups excluding tert-OH is 1. The van der Waals surface area contributed by atoms with Gasteiger partial charge in [-0.2, -0.15) is 0 Å². The lowest BCUT2D eigenvalue weighted by Gasteiger charge is -2.35. The number of aromatic nitrogens is 1. The van der Waals surface area contributed by atoms with Crippen LogP contribution in [0.25, 0.3) is 0 Å². The van der Waals surface area contributed by atoms with E-state index in [9.17, 15) is 25.3 Å². The van der Waals surface area contributed by atoms with Crippen molar-refractivity contribution in [3.05, 3.63) is 90.6 Å². The second-order valence-corrected chi connectivity index (χ2v) is 7.57. The number of hydrogen-bond acceptors (Lipinski definition) is 8. The molecule has 30 heavy (non-hydrogen) atoms. The number of fused-ring (bicyclic) bond motifs is 1. The van der Waals surface area contributed by atoms with Gasteiger partial charge in [0.25, 0.3) is 11.4 Å². The monoisotopic (exact) mass is 431 g/mol. The highest BCUT2D eigenvalue weighted by atomic mass is 35.5. The molecule has 3 heterocycles. The van der Waals surface area contributed by atoms with Crippen LogP contribution in [0.1, 0.15) is 23.5 Å². The van der Waals surface area contributed by atoms with Gasteiger partial charge in [0, 0.05) is 44.4 Å². The average molecular weight is 432 g/mol. The Kier molecular flexibility index (Phi) is 5.27. The molecule has 0 spiro atoms. The minimum atomic E-state index is -0.891. The van der Waals surface area contributed by atoms with Crippen molar-refractivity contribution >= 4 is 17.3 Å². The second kappa shape index (κ2) is 7.88. The smallest absolute Gasteiger partial charge is 0.293 e. The maximum absolute atomic E-state index is 12.1. The van der Waals surface area contributed by atoms with Crippen LogP contribution < -0.4 is 0 Å². The van der Waals surface area contributed by atoms with Gasteiger partial charge in [0.1, 0.15) is 11.4 Å². The zero-order chi connectivity index (χ0) is 21.4. The van der Waals surface area contributed by atoms with E-state index in [1.165, 1.54) is 24.3 Å². The molecule has 1 fully saturated rings. The Morgan fingerprint density at radius 3 is 2.43 bits per heavy atom. The second-order valence-electron chi connectivity index (χ2n) is 7.19. The number of pyridine rings is 1. The summed E-state index contributed by atoms with van der Waals surface area (Å²) >= 11 is 5.83.